The van der Waals surface area contributed by atoms with Crippen LogP contribution >= 0.6 is 0 Å². The average molecular weight is 341 g/mol. The maximum atomic E-state index is 13.0. The predicted molar refractivity (Wildman–Crippen MR) is 92.4 cm³/mol. The molecular weight excluding hydrogens is 318 g/mol. The zero-order valence-electron chi connectivity index (χ0n) is 14.3. The molecule has 1 aromatic carbocycles. The van der Waals surface area contributed by atoms with E-state index >= 15 is 0 Å². The van der Waals surface area contributed by atoms with Gasteiger partial charge in [-0.15, -0.1) is 0 Å². The minimum Gasteiger partial charge on any atom is -0.379 e. The van der Waals surface area contributed by atoms with Crippen LogP contribution in [-0.4, -0.2) is 59.1 Å². The first-order valence-electron chi connectivity index (χ1n) is 8.82. The summed E-state index contributed by atoms with van der Waals surface area (Å²) in [7, 11) is 0. The fourth-order valence-electron chi connectivity index (χ4n) is 3.60. The van der Waals surface area contributed by atoms with Crippen molar-refractivity contribution in [1.82, 2.24) is 14.7 Å². The summed E-state index contributed by atoms with van der Waals surface area (Å²) in [6, 6.07) is 12.1. The maximum absolute atomic E-state index is 13.0. The highest BCUT2D eigenvalue weighted by Crippen LogP contribution is 2.30. The van der Waals surface area contributed by atoms with E-state index in [1.807, 2.05) is 40.0 Å². The van der Waals surface area contributed by atoms with Crippen LogP contribution in [0.4, 0.5) is 0 Å². The molecule has 25 heavy (non-hydrogen) atoms. The van der Waals surface area contributed by atoms with Crippen LogP contribution in [0.15, 0.2) is 42.6 Å². The minimum absolute atomic E-state index is 0.0211. The van der Waals surface area contributed by atoms with Gasteiger partial charge in [-0.3, -0.25) is 9.48 Å². The molecule has 0 aliphatic carbocycles. The largest absolute Gasteiger partial charge is 0.379 e. The van der Waals surface area contributed by atoms with E-state index < -0.39 is 0 Å². The van der Waals surface area contributed by atoms with Crippen molar-refractivity contribution in [3.05, 3.63) is 53.9 Å². The molecule has 0 radical (unpaired) electrons. The number of carbonyl (C=O) groups excluding carboxylic acids is 1. The van der Waals surface area contributed by atoms with Gasteiger partial charge in [-0.25, -0.2) is 0 Å². The molecule has 0 bridgehead atoms. The molecule has 0 N–H and O–H groups in total. The van der Waals surface area contributed by atoms with Gasteiger partial charge in [-0.05, 0) is 24.5 Å². The van der Waals surface area contributed by atoms with Crippen LogP contribution in [0, 0.1) is 0 Å². The molecule has 4 rings (SSSR count). The highest BCUT2D eigenvalue weighted by molar-refractivity contribution is 5.93. The third-order valence-electron chi connectivity index (χ3n) is 5.06. The molecule has 6 nitrogen and oxygen atoms in total. The lowest BCUT2D eigenvalue weighted by atomic mass is 9.95. The number of benzene rings is 1. The Bertz CT molecular complexity index is 723. The number of hydrogen-bond donors (Lipinski definition) is 0. The van der Waals surface area contributed by atoms with Crippen molar-refractivity contribution in [1.29, 1.82) is 0 Å². The van der Waals surface area contributed by atoms with Crippen molar-refractivity contribution in [2.45, 2.75) is 24.9 Å². The number of carbonyl (C=O) groups is 1. The SMILES string of the molecule is O=C(c1ccn(CCc2ccccc2)n1)N1CCOC[C@]12CCOC2. The van der Waals surface area contributed by atoms with E-state index in [0.717, 1.165) is 19.4 Å². The van der Waals surface area contributed by atoms with Gasteiger partial charge in [0.25, 0.3) is 5.91 Å². The van der Waals surface area contributed by atoms with Gasteiger partial charge in [0, 0.05) is 25.9 Å². The molecule has 3 heterocycles. The summed E-state index contributed by atoms with van der Waals surface area (Å²) in [5, 5.41) is 4.50. The van der Waals surface area contributed by atoms with Gasteiger partial charge in [0.2, 0.25) is 0 Å². The molecule has 2 aromatic rings. The zero-order chi connectivity index (χ0) is 17.1. The monoisotopic (exact) mass is 341 g/mol. The molecule has 132 valence electrons. The van der Waals surface area contributed by atoms with Gasteiger partial charge >= 0.3 is 0 Å². The van der Waals surface area contributed by atoms with Crippen molar-refractivity contribution < 1.29 is 14.3 Å². The second kappa shape index (κ2) is 6.98. The summed E-state index contributed by atoms with van der Waals surface area (Å²) in [5.74, 6) is -0.0211. The number of ether oxygens (including phenoxy) is 2. The molecule has 2 aliphatic heterocycles. The summed E-state index contributed by atoms with van der Waals surface area (Å²) >= 11 is 0. The fourth-order valence-corrected chi connectivity index (χ4v) is 3.60. The first kappa shape index (κ1) is 16.3. The van der Waals surface area contributed by atoms with Crippen molar-refractivity contribution in [3.8, 4) is 0 Å². The highest BCUT2D eigenvalue weighted by atomic mass is 16.5. The Morgan fingerprint density at radius 3 is 2.72 bits per heavy atom. The van der Waals surface area contributed by atoms with Crippen molar-refractivity contribution in [3.63, 3.8) is 0 Å². The molecule has 1 aromatic heterocycles. The first-order valence-corrected chi connectivity index (χ1v) is 8.82. The summed E-state index contributed by atoms with van der Waals surface area (Å²) < 4.78 is 13.0. The van der Waals surface area contributed by atoms with Crippen LogP contribution in [0.25, 0.3) is 0 Å². The van der Waals surface area contributed by atoms with E-state index in [0.29, 0.717) is 38.7 Å². The van der Waals surface area contributed by atoms with E-state index in [9.17, 15) is 4.79 Å². The molecule has 1 amide bonds. The van der Waals surface area contributed by atoms with Gasteiger partial charge in [0.05, 0.1) is 25.4 Å². The standard InChI is InChI=1S/C19H23N3O3/c23-18(22-11-13-25-15-19(22)8-12-24-14-19)17-7-10-21(20-17)9-6-16-4-2-1-3-5-16/h1-5,7,10H,6,8-9,11-15H2/t19-/m1/s1. The van der Waals surface area contributed by atoms with Crippen molar-refractivity contribution >= 4 is 5.91 Å². The van der Waals surface area contributed by atoms with E-state index in [1.165, 1.54) is 5.56 Å². The normalized spacial score (nSPS) is 23.3. The lowest BCUT2D eigenvalue weighted by Crippen LogP contribution is -2.59. The number of aromatic nitrogens is 2. The number of amides is 1. The Morgan fingerprint density at radius 2 is 1.92 bits per heavy atom. The van der Waals surface area contributed by atoms with E-state index in [2.05, 4.69) is 17.2 Å². The van der Waals surface area contributed by atoms with E-state index in [1.54, 1.807) is 0 Å². The van der Waals surface area contributed by atoms with Crippen LogP contribution < -0.4 is 0 Å². The Hall–Kier alpha value is -2.18. The van der Waals surface area contributed by atoms with Crippen LogP contribution in [0.5, 0.6) is 0 Å². The smallest absolute Gasteiger partial charge is 0.275 e. The second-order valence-electron chi connectivity index (χ2n) is 6.74. The summed E-state index contributed by atoms with van der Waals surface area (Å²) in [4.78, 5) is 14.9. The fraction of sp³-hybridized carbons (Fsp3) is 0.474. The Kier molecular flexibility index (Phi) is 4.55. The number of hydrogen-bond acceptors (Lipinski definition) is 4. The molecule has 2 aliphatic rings. The van der Waals surface area contributed by atoms with Crippen LogP contribution in [0.2, 0.25) is 0 Å². The molecule has 1 spiro atoms. The average Bonchev–Trinajstić information content (AvgIpc) is 3.31. The lowest BCUT2D eigenvalue weighted by molar-refractivity contribution is -0.0553. The Balaban J connectivity index is 1.44. The van der Waals surface area contributed by atoms with E-state index in [-0.39, 0.29) is 11.4 Å². The van der Waals surface area contributed by atoms with Crippen LogP contribution in [0.1, 0.15) is 22.5 Å². The number of rotatable bonds is 4. The molecule has 2 fully saturated rings. The highest BCUT2D eigenvalue weighted by Gasteiger charge is 2.46. The molecule has 1 atom stereocenters. The molecule has 6 heteroatoms. The van der Waals surface area contributed by atoms with E-state index in [4.69, 9.17) is 9.47 Å². The molecule has 2 saturated heterocycles. The third kappa shape index (κ3) is 3.32. The third-order valence-corrected chi connectivity index (χ3v) is 5.06. The van der Waals surface area contributed by atoms with Gasteiger partial charge in [-0.2, -0.15) is 5.10 Å². The van der Waals surface area contributed by atoms with Crippen LogP contribution in [-0.2, 0) is 22.4 Å². The van der Waals surface area contributed by atoms with Gasteiger partial charge in [0.1, 0.15) is 5.69 Å². The number of aryl methyl sites for hydroxylation is 2. The van der Waals surface area contributed by atoms with Gasteiger partial charge in [-0.1, -0.05) is 30.3 Å². The summed E-state index contributed by atoms with van der Waals surface area (Å²) in [6.45, 7) is 3.70. The van der Waals surface area contributed by atoms with Crippen molar-refractivity contribution in [2.24, 2.45) is 0 Å². The first-order chi connectivity index (χ1) is 12.3. The quantitative estimate of drug-likeness (QED) is 0.850. The number of morpholine rings is 1. The molecule has 0 saturated carbocycles. The number of nitrogens with zero attached hydrogens (tertiary/aromatic N) is 3. The summed E-state index contributed by atoms with van der Waals surface area (Å²) in [6.07, 6.45) is 3.60. The minimum atomic E-state index is -0.316. The zero-order valence-corrected chi connectivity index (χ0v) is 14.3. The predicted octanol–water partition coefficient (Wildman–Crippen LogP) is 1.76. The van der Waals surface area contributed by atoms with Crippen molar-refractivity contribution in [2.75, 3.05) is 33.0 Å². The summed E-state index contributed by atoms with van der Waals surface area (Å²) in [5.41, 5.74) is 1.45. The Morgan fingerprint density at radius 1 is 1.12 bits per heavy atom. The Labute approximate surface area is 147 Å². The van der Waals surface area contributed by atoms with Gasteiger partial charge < -0.3 is 14.4 Å². The van der Waals surface area contributed by atoms with Crippen LogP contribution in [0.3, 0.4) is 0 Å². The maximum Gasteiger partial charge on any atom is 0.275 e. The second-order valence-corrected chi connectivity index (χ2v) is 6.74. The molecule has 0 unspecified atom stereocenters. The lowest BCUT2D eigenvalue weighted by Gasteiger charge is -2.43. The molecular formula is C19H23N3O3. The van der Waals surface area contributed by atoms with Gasteiger partial charge in [0.15, 0.2) is 0 Å². The topological polar surface area (TPSA) is 56.6 Å².